The molecule has 16 heavy (non-hydrogen) atoms. The van der Waals surface area contributed by atoms with Gasteiger partial charge in [-0.3, -0.25) is 0 Å². The van der Waals surface area contributed by atoms with Crippen LogP contribution in [0.5, 0.6) is 5.75 Å². The summed E-state index contributed by atoms with van der Waals surface area (Å²) in [5.74, 6) is 0.905. The monoisotopic (exact) mass is 223 g/mol. The quantitative estimate of drug-likeness (QED) is 0.647. The molecule has 0 aliphatic heterocycles. The van der Waals surface area contributed by atoms with E-state index in [1.165, 1.54) is 0 Å². The van der Waals surface area contributed by atoms with Crippen molar-refractivity contribution in [2.45, 2.75) is 26.4 Å². The zero-order valence-corrected chi connectivity index (χ0v) is 9.98. The molecule has 0 amide bonds. The molecule has 90 valence electrons. The van der Waals surface area contributed by atoms with Crippen molar-refractivity contribution in [2.24, 2.45) is 5.92 Å². The summed E-state index contributed by atoms with van der Waals surface area (Å²) in [4.78, 5) is 0. The molecule has 3 heteroatoms. The second-order valence-electron chi connectivity index (χ2n) is 4.49. The van der Waals surface area contributed by atoms with Gasteiger partial charge in [-0.15, -0.1) is 0 Å². The number of hydrogen-bond donors (Lipinski definition) is 3. The van der Waals surface area contributed by atoms with Gasteiger partial charge >= 0.3 is 0 Å². The van der Waals surface area contributed by atoms with E-state index in [4.69, 9.17) is 5.11 Å². The van der Waals surface area contributed by atoms with E-state index in [1.807, 2.05) is 0 Å². The van der Waals surface area contributed by atoms with Gasteiger partial charge in [-0.05, 0) is 36.6 Å². The minimum Gasteiger partial charge on any atom is -0.508 e. The number of aliphatic hydroxyl groups excluding tert-OH is 1. The summed E-state index contributed by atoms with van der Waals surface area (Å²) in [7, 11) is 0. The van der Waals surface area contributed by atoms with Crippen molar-refractivity contribution in [3.63, 3.8) is 0 Å². The molecular weight excluding hydrogens is 202 g/mol. The Bertz CT molecular complexity index is 295. The molecule has 0 bridgehead atoms. The summed E-state index contributed by atoms with van der Waals surface area (Å²) in [5.41, 5.74) is 0.829. The third-order valence-corrected chi connectivity index (χ3v) is 2.51. The van der Waals surface area contributed by atoms with Crippen LogP contribution in [-0.4, -0.2) is 23.3 Å². The predicted molar refractivity (Wildman–Crippen MR) is 65.4 cm³/mol. The van der Waals surface area contributed by atoms with E-state index >= 15 is 0 Å². The maximum atomic E-state index is 9.83. The highest BCUT2D eigenvalue weighted by Gasteiger charge is 2.06. The number of aliphatic hydroxyl groups is 1. The number of benzene rings is 1. The average molecular weight is 223 g/mol. The molecule has 1 atom stereocenters. The summed E-state index contributed by atoms with van der Waals surface area (Å²) in [5, 5.41) is 22.2. The van der Waals surface area contributed by atoms with Crippen LogP contribution < -0.4 is 5.32 Å². The van der Waals surface area contributed by atoms with Crippen LogP contribution in [0.3, 0.4) is 0 Å². The molecule has 0 saturated heterocycles. The van der Waals surface area contributed by atoms with Gasteiger partial charge < -0.3 is 15.5 Å². The van der Waals surface area contributed by atoms with E-state index in [1.54, 1.807) is 24.3 Å². The first-order valence-electron chi connectivity index (χ1n) is 5.77. The smallest absolute Gasteiger partial charge is 0.115 e. The lowest BCUT2D eigenvalue weighted by Crippen LogP contribution is -2.23. The lowest BCUT2D eigenvalue weighted by atomic mass is 10.1. The number of hydrogen-bond acceptors (Lipinski definition) is 3. The average Bonchev–Trinajstić information content (AvgIpc) is 2.25. The highest BCUT2D eigenvalue weighted by atomic mass is 16.3. The lowest BCUT2D eigenvalue weighted by Gasteiger charge is -2.13. The Hall–Kier alpha value is -1.06. The largest absolute Gasteiger partial charge is 0.508 e. The zero-order valence-electron chi connectivity index (χ0n) is 9.98. The van der Waals surface area contributed by atoms with Crippen molar-refractivity contribution in [1.29, 1.82) is 0 Å². The Labute approximate surface area is 97.1 Å². The van der Waals surface area contributed by atoms with Crippen molar-refractivity contribution in [1.82, 2.24) is 5.32 Å². The van der Waals surface area contributed by atoms with Crippen LogP contribution in [-0.2, 0) is 0 Å². The van der Waals surface area contributed by atoms with Gasteiger partial charge in [0.15, 0.2) is 0 Å². The van der Waals surface area contributed by atoms with E-state index in [9.17, 15) is 5.11 Å². The first-order chi connectivity index (χ1) is 7.59. The molecule has 3 nitrogen and oxygen atoms in total. The van der Waals surface area contributed by atoms with Gasteiger partial charge in [0.25, 0.3) is 0 Å². The van der Waals surface area contributed by atoms with Crippen LogP contribution >= 0.6 is 0 Å². The first kappa shape index (κ1) is 13.0. The molecule has 3 N–H and O–H groups in total. The molecule has 0 heterocycles. The highest BCUT2D eigenvalue weighted by molar-refractivity contribution is 5.27. The Kier molecular flexibility index (Phi) is 5.29. The predicted octanol–water partition coefficient (Wildman–Crippen LogP) is 2.06. The second kappa shape index (κ2) is 6.51. The van der Waals surface area contributed by atoms with Gasteiger partial charge in [0.1, 0.15) is 5.75 Å². The van der Waals surface area contributed by atoms with Gasteiger partial charge in [-0.2, -0.15) is 0 Å². The number of aromatic hydroxyl groups is 1. The van der Waals surface area contributed by atoms with Crippen LogP contribution in [0.25, 0.3) is 0 Å². The minimum absolute atomic E-state index is 0.226. The Morgan fingerprint density at radius 2 is 1.81 bits per heavy atom. The van der Waals surface area contributed by atoms with Crippen LogP contribution in [0, 0.1) is 5.92 Å². The van der Waals surface area contributed by atoms with Crippen molar-refractivity contribution >= 4 is 0 Å². The summed E-state index contributed by atoms with van der Waals surface area (Å²) in [6.07, 6.45) is 0.607. The van der Waals surface area contributed by atoms with Crippen LogP contribution in [0.1, 0.15) is 31.9 Å². The molecule has 1 unspecified atom stereocenters. The molecular formula is C13H21NO2. The van der Waals surface area contributed by atoms with Crippen molar-refractivity contribution in [3.8, 4) is 5.75 Å². The zero-order chi connectivity index (χ0) is 12.0. The lowest BCUT2D eigenvalue weighted by molar-refractivity contribution is 0.174. The van der Waals surface area contributed by atoms with Crippen LogP contribution in [0.2, 0.25) is 0 Å². The van der Waals surface area contributed by atoms with Gasteiger partial charge in [0.2, 0.25) is 0 Å². The topological polar surface area (TPSA) is 52.5 Å². The summed E-state index contributed by atoms with van der Waals surface area (Å²) in [6, 6.07) is 6.66. The molecule has 0 aliphatic carbocycles. The minimum atomic E-state index is -0.507. The van der Waals surface area contributed by atoms with E-state index < -0.39 is 6.10 Å². The summed E-state index contributed by atoms with van der Waals surface area (Å²) >= 11 is 0. The van der Waals surface area contributed by atoms with E-state index in [2.05, 4.69) is 19.2 Å². The molecule has 0 saturated carbocycles. The van der Waals surface area contributed by atoms with Crippen molar-refractivity contribution < 1.29 is 10.2 Å². The maximum absolute atomic E-state index is 9.83. The fraction of sp³-hybridized carbons (Fsp3) is 0.538. The van der Waals surface area contributed by atoms with Gasteiger partial charge in [0.05, 0.1) is 6.10 Å². The molecule has 1 aromatic rings. The number of nitrogens with one attached hydrogen (secondary N) is 1. The molecule has 0 spiro atoms. The standard InChI is InChI=1S/C13H21NO2/c1-10(2)7-8-14-9-13(16)11-3-5-12(15)6-4-11/h3-6,10,13-16H,7-9H2,1-2H3. The second-order valence-corrected chi connectivity index (χ2v) is 4.49. The Morgan fingerprint density at radius 1 is 1.19 bits per heavy atom. The van der Waals surface area contributed by atoms with Crippen LogP contribution in [0.15, 0.2) is 24.3 Å². The maximum Gasteiger partial charge on any atom is 0.115 e. The molecule has 0 fully saturated rings. The third kappa shape index (κ3) is 4.64. The van der Waals surface area contributed by atoms with E-state index in [0.717, 1.165) is 18.5 Å². The molecule has 1 rings (SSSR count). The summed E-state index contributed by atoms with van der Waals surface area (Å²) < 4.78 is 0. The molecule has 0 radical (unpaired) electrons. The molecule has 1 aromatic carbocycles. The van der Waals surface area contributed by atoms with Crippen LogP contribution in [0.4, 0.5) is 0 Å². The third-order valence-electron chi connectivity index (χ3n) is 2.51. The summed E-state index contributed by atoms with van der Waals surface area (Å²) in [6.45, 7) is 5.83. The number of rotatable bonds is 6. The van der Waals surface area contributed by atoms with Crippen molar-refractivity contribution in [3.05, 3.63) is 29.8 Å². The van der Waals surface area contributed by atoms with Gasteiger partial charge in [-0.25, -0.2) is 0 Å². The van der Waals surface area contributed by atoms with E-state index in [-0.39, 0.29) is 5.75 Å². The van der Waals surface area contributed by atoms with Crippen molar-refractivity contribution in [2.75, 3.05) is 13.1 Å². The van der Waals surface area contributed by atoms with Gasteiger partial charge in [-0.1, -0.05) is 26.0 Å². The Morgan fingerprint density at radius 3 is 2.38 bits per heavy atom. The van der Waals surface area contributed by atoms with E-state index in [0.29, 0.717) is 12.5 Å². The number of phenols is 1. The number of phenolic OH excluding ortho intramolecular Hbond substituents is 1. The first-order valence-corrected chi connectivity index (χ1v) is 5.77. The fourth-order valence-electron chi connectivity index (χ4n) is 1.44. The highest BCUT2D eigenvalue weighted by Crippen LogP contribution is 2.15. The SMILES string of the molecule is CC(C)CCNCC(O)c1ccc(O)cc1. The van der Waals surface area contributed by atoms with Gasteiger partial charge in [0, 0.05) is 6.54 Å². The Balaban J connectivity index is 2.29. The molecule has 0 aromatic heterocycles. The normalized spacial score (nSPS) is 13.0. The molecule has 0 aliphatic rings. The fourth-order valence-corrected chi connectivity index (χ4v) is 1.44.